The number of carbonyl (C=O) groups is 1. The van der Waals surface area contributed by atoms with Crippen LogP contribution in [0.5, 0.6) is 0 Å². The maximum absolute atomic E-state index is 12.5. The van der Waals surface area contributed by atoms with E-state index in [4.69, 9.17) is 4.43 Å². The van der Waals surface area contributed by atoms with Gasteiger partial charge in [0, 0.05) is 43.2 Å². The Bertz CT molecular complexity index is 740. The van der Waals surface area contributed by atoms with Crippen molar-refractivity contribution in [2.24, 2.45) is 0 Å². The van der Waals surface area contributed by atoms with E-state index < -0.39 is 4.92 Å². The number of non-ortho nitro benzene ring substituents is 1. The molecule has 0 aliphatic rings. The van der Waals surface area contributed by atoms with Crippen LogP contribution in [0.15, 0.2) is 42.7 Å². The van der Waals surface area contributed by atoms with Gasteiger partial charge in [-0.2, -0.15) is 0 Å². The third-order valence-corrected chi connectivity index (χ3v) is 4.73. The number of hydrogen-bond donors (Lipinski definition) is 1. The van der Waals surface area contributed by atoms with Gasteiger partial charge in [0.05, 0.1) is 4.92 Å². The predicted octanol–water partition coefficient (Wildman–Crippen LogP) is 2.77. The summed E-state index contributed by atoms with van der Waals surface area (Å²) in [5, 5.41) is 13.9. The maximum atomic E-state index is 12.5. The van der Waals surface area contributed by atoms with E-state index in [-0.39, 0.29) is 11.6 Å². The summed E-state index contributed by atoms with van der Waals surface area (Å²) in [7, 11) is 0.429. The molecule has 2 rings (SSSR count). The second kappa shape index (κ2) is 10.4. The van der Waals surface area contributed by atoms with Crippen molar-refractivity contribution in [1.82, 2.24) is 10.3 Å². The number of benzene rings is 1. The summed E-state index contributed by atoms with van der Waals surface area (Å²) in [6.45, 7) is 3.15. The summed E-state index contributed by atoms with van der Waals surface area (Å²) in [5.74, 6) is -0.294. The van der Waals surface area contributed by atoms with Gasteiger partial charge in [0.25, 0.3) is 11.6 Å². The zero-order valence-corrected chi connectivity index (χ0v) is 15.6. The van der Waals surface area contributed by atoms with Crippen LogP contribution in [0, 0.1) is 10.1 Å². The Morgan fingerprint density at radius 2 is 2.08 bits per heavy atom. The molecule has 0 saturated heterocycles. The number of carbonyl (C=O) groups excluding carboxylic acids is 1. The van der Waals surface area contributed by atoms with Crippen LogP contribution in [0.4, 0.5) is 5.69 Å². The quantitative estimate of drug-likeness (QED) is 0.300. The molecule has 1 aromatic carbocycles. The minimum absolute atomic E-state index is 0.0912. The molecule has 0 fully saturated rings. The molecular formula is C18H21N3O4Si. The molecular weight excluding hydrogens is 350 g/mol. The van der Waals surface area contributed by atoms with Gasteiger partial charge >= 0.3 is 0 Å². The lowest BCUT2D eigenvalue weighted by Gasteiger charge is -2.10. The topological polar surface area (TPSA) is 94.4 Å². The summed E-state index contributed by atoms with van der Waals surface area (Å²) >= 11 is 0. The van der Waals surface area contributed by atoms with Crippen molar-refractivity contribution in [2.45, 2.75) is 25.8 Å². The number of nitro benzene ring substituents is 1. The highest BCUT2D eigenvalue weighted by molar-refractivity contribution is 6.26. The second-order valence-electron chi connectivity index (χ2n) is 5.57. The fourth-order valence-corrected chi connectivity index (χ4v) is 3.07. The highest BCUT2D eigenvalue weighted by atomic mass is 28.2. The zero-order valence-electron chi connectivity index (χ0n) is 14.6. The summed E-state index contributed by atoms with van der Waals surface area (Å²) in [4.78, 5) is 27.1. The van der Waals surface area contributed by atoms with Crippen LogP contribution in [-0.4, -0.2) is 38.7 Å². The van der Waals surface area contributed by atoms with Gasteiger partial charge in [0.15, 0.2) is 0 Å². The fourth-order valence-electron chi connectivity index (χ4n) is 2.40. The second-order valence-corrected chi connectivity index (χ2v) is 6.64. The number of pyridine rings is 1. The van der Waals surface area contributed by atoms with E-state index >= 15 is 0 Å². The van der Waals surface area contributed by atoms with Crippen molar-refractivity contribution in [2.75, 3.05) is 13.2 Å². The summed E-state index contributed by atoms with van der Waals surface area (Å²) < 4.78 is 5.29. The van der Waals surface area contributed by atoms with Gasteiger partial charge in [-0.1, -0.05) is 6.07 Å². The van der Waals surface area contributed by atoms with Gasteiger partial charge in [0.1, 0.15) is 0 Å². The van der Waals surface area contributed by atoms with E-state index in [2.05, 4.69) is 10.3 Å². The highest BCUT2D eigenvalue weighted by Gasteiger charge is 2.16. The lowest BCUT2D eigenvalue weighted by molar-refractivity contribution is -0.384. The molecule has 26 heavy (non-hydrogen) atoms. The number of nitrogens with one attached hydrogen (secondary N) is 1. The van der Waals surface area contributed by atoms with Gasteiger partial charge in [0.2, 0.25) is 9.76 Å². The molecule has 0 atom stereocenters. The molecule has 7 nitrogen and oxygen atoms in total. The average molecular weight is 371 g/mol. The van der Waals surface area contributed by atoms with Crippen molar-refractivity contribution in [1.29, 1.82) is 0 Å². The van der Waals surface area contributed by atoms with Gasteiger partial charge in [-0.3, -0.25) is 19.9 Å². The average Bonchev–Trinajstić information content (AvgIpc) is 2.65. The van der Waals surface area contributed by atoms with Gasteiger partial charge in [-0.15, -0.1) is 0 Å². The van der Waals surface area contributed by atoms with Crippen LogP contribution in [-0.2, 0) is 10.8 Å². The first-order chi connectivity index (χ1) is 12.6. The Balaban J connectivity index is 2.08. The molecule has 8 heteroatoms. The molecule has 1 amide bonds. The van der Waals surface area contributed by atoms with Crippen molar-refractivity contribution in [3.63, 3.8) is 0 Å². The first-order valence-electron chi connectivity index (χ1n) is 8.41. The van der Waals surface area contributed by atoms with E-state index in [0.29, 0.717) is 34.9 Å². The normalized spacial score (nSPS) is 10.5. The fraction of sp³-hybridized carbons (Fsp3) is 0.333. The molecule has 1 heterocycles. The third kappa shape index (κ3) is 6.05. The summed E-state index contributed by atoms with van der Waals surface area (Å²) in [5.41, 5.74) is 1.98. The molecule has 0 saturated carbocycles. The van der Waals surface area contributed by atoms with E-state index in [1.807, 2.05) is 19.1 Å². The lowest BCUT2D eigenvalue weighted by atomic mass is 9.99. The van der Waals surface area contributed by atoms with Crippen LogP contribution in [0.1, 0.15) is 34.8 Å². The Morgan fingerprint density at radius 3 is 2.77 bits per heavy atom. The van der Waals surface area contributed by atoms with Crippen LogP contribution < -0.4 is 5.32 Å². The number of nitrogens with zero attached hydrogens (tertiary/aromatic N) is 2. The minimum Gasteiger partial charge on any atom is -0.418 e. The standard InChI is InChI=1S/C18H21N3O4Si/c1-2-25-26-11-3-8-20-18(22)17-13-16(21(23)24)5-4-15(17)12-14-6-9-19-10-7-14/h4-7,9-10,13H,2-3,8,11-12H2,1H3,(H,20,22). The van der Waals surface area contributed by atoms with Gasteiger partial charge < -0.3 is 9.74 Å². The number of nitro groups is 1. The highest BCUT2D eigenvalue weighted by Crippen LogP contribution is 2.20. The van der Waals surface area contributed by atoms with Crippen molar-refractivity contribution >= 4 is 21.4 Å². The predicted molar refractivity (Wildman–Crippen MR) is 99.3 cm³/mol. The number of amides is 1. The SMILES string of the molecule is CCO[Si]CCCNC(=O)c1cc([N+](=O)[O-])ccc1Cc1ccncc1. The van der Waals surface area contributed by atoms with E-state index in [9.17, 15) is 14.9 Å². The Morgan fingerprint density at radius 1 is 1.31 bits per heavy atom. The van der Waals surface area contributed by atoms with Crippen molar-refractivity contribution in [3.05, 3.63) is 69.5 Å². The van der Waals surface area contributed by atoms with Gasteiger partial charge in [-0.05, 0) is 49.1 Å². The summed E-state index contributed by atoms with van der Waals surface area (Å²) in [6, 6.07) is 9.01. The van der Waals surface area contributed by atoms with E-state index in [1.165, 1.54) is 12.1 Å². The third-order valence-electron chi connectivity index (χ3n) is 3.68. The van der Waals surface area contributed by atoms with Crippen molar-refractivity contribution in [3.8, 4) is 0 Å². The minimum atomic E-state index is -0.490. The monoisotopic (exact) mass is 371 g/mol. The molecule has 2 radical (unpaired) electrons. The molecule has 0 aliphatic carbocycles. The Labute approximate surface area is 154 Å². The van der Waals surface area contributed by atoms with Crippen LogP contribution in [0.3, 0.4) is 0 Å². The van der Waals surface area contributed by atoms with E-state index in [1.54, 1.807) is 18.5 Å². The van der Waals surface area contributed by atoms with Crippen LogP contribution >= 0.6 is 0 Å². The molecule has 136 valence electrons. The first-order valence-corrected chi connectivity index (χ1v) is 9.52. The molecule has 1 N–H and O–H groups in total. The molecule has 0 aliphatic heterocycles. The molecule has 2 aromatic rings. The maximum Gasteiger partial charge on any atom is 0.270 e. The summed E-state index contributed by atoms with van der Waals surface area (Å²) in [6.07, 6.45) is 4.67. The Kier molecular flexibility index (Phi) is 7.91. The largest absolute Gasteiger partial charge is 0.418 e. The zero-order chi connectivity index (χ0) is 18.8. The molecule has 0 unspecified atom stereocenters. The number of aromatic nitrogens is 1. The van der Waals surface area contributed by atoms with Gasteiger partial charge in [-0.25, -0.2) is 0 Å². The first kappa shape index (κ1) is 19.7. The molecule has 1 aromatic heterocycles. The Hall–Kier alpha value is -2.58. The van der Waals surface area contributed by atoms with Crippen LogP contribution in [0.2, 0.25) is 6.04 Å². The molecule has 0 bridgehead atoms. The lowest BCUT2D eigenvalue weighted by Crippen LogP contribution is -2.26. The van der Waals surface area contributed by atoms with E-state index in [0.717, 1.165) is 23.6 Å². The number of hydrogen-bond acceptors (Lipinski definition) is 5. The smallest absolute Gasteiger partial charge is 0.270 e. The van der Waals surface area contributed by atoms with Crippen molar-refractivity contribution < 1.29 is 14.1 Å². The molecule has 0 spiro atoms. The van der Waals surface area contributed by atoms with Crippen LogP contribution in [0.25, 0.3) is 0 Å². The number of rotatable bonds is 10.